The van der Waals surface area contributed by atoms with Gasteiger partial charge in [-0.05, 0) is 24.6 Å². The molecule has 3 heteroatoms. The number of carbonyl (C=O) groups is 1. The van der Waals surface area contributed by atoms with Gasteiger partial charge < -0.3 is 9.67 Å². The van der Waals surface area contributed by atoms with Gasteiger partial charge in [0, 0.05) is 23.6 Å². The van der Waals surface area contributed by atoms with E-state index in [0.29, 0.717) is 5.56 Å². The molecule has 3 nitrogen and oxygen atoms in total. The number of aromatic carboxylic acids is 1. The molecule has 2 rings (SSSR count). The van der Waals surface area contributed by atoms with Gasteiger partial charge in [-0.1, -0.05) is 51.5 Å². The van der Waals surface area contributed by atoms with Gasteiger partial charge in [-0.15, -0.1) is 0 Å². The van der Waals surface area contributed by atoms with Crippen molar-refractivity contribution in [2.24, 2.45) is 0 Å². The van der Waals surface area contributed by atoms with E-state index in [2.05, 4.69) is 11.5 Å². The van der Waals surface area contributed by atoms with E-state index in [-0.39, 0.29) is 0 Å². The standard InChI is InChI=1S/C18H25NO2/c1-2-3-4-5-6-7-8-13-19-14-12-15-16(18(20)21)10-9-11-17(15)19/h9-12,14H,2-8,13H2,1H3,(H,20,21). The lowest BCUT2D eigenvalue weighted by Gasteiger charge is -2.06. The van der Waals surface area contributed by atoms with Crippen molar-refractivity contribution in [2.75, 3.05) is 0 Å². The largest absolute Gasteiger partial charge is 0.478 e. The Morgan fingerprint density at radius 2 is 1.76 bits per heavy atom. The predicted octanol–water partition coefficient (Wildman–Crippen LogP) is 5.09. The van der Waals surface area contributed by atoms with Gasteiger partial charge in [0.25, 0.3) is 0 Å². The predicted molar refractivity (Wildman–Crippen MR) is 86.9 cm³/mol. The molecule has 1 heterocycles. The highest BCUT2D eigenvalue weighted by Gasteiger charge is 2.10. The summed E-state index contributed by atoms with van der Waals surface area (Å²) >= 11 is 0. The molecule has 0 bridgehead atoms. The van der Waals surface area contributed by atoms with E-state index in [4.69, 9.17) is 0 Å². The second kappa shape index (κ2) is 7.87. The number of rotatable bonds is 9. The molecule has 0 fully saturated rings. The van der Waals surface area contributed by atoms with Crippen LogP contribution >= 0.6 is 0 Å². The SMILES string of the molecule is CCCCCCCCCn1ccc2c(C(=O)O)cccc21. The van der Waals surface area contributed by atoms with Gasteiger partial charge in [-0.2, -0.15) is 0 Å². The van der Waals surface area contributed by atoms with Gasteiger partial charge in [0.2, 0.25) is 0 Å². The molecule has 0 atom stereocenters. The number of fused-ring (bicyclic) bond motifs is 1. The zero-order chi connectivity index (χ0) is 15.1. The third-order valence-corrected chi connectivity index (χ3v) is 4.05. The normalized spacial score (nSPS) is 11.1. The molecule has 0 amide bonds. The van der Waals surface area contributed by atoms with Crippen LogP contribution in [0.5, 0.6) is 0 Å². The molecule has 0 spiro atoms. The maximum atomic E-state index is 11.2. The number of benzene rings is 1. The summed E-state index contributed by atoms with van der Waals surface area (Å²) in [6.45, 7) is 3.21. The van der Waals surface area contributed by atoms with Crippen LogP contribution in [0.25, 0.3) is 10.9 Å². The number of carboxylic acid groups (broad SMARTS) is 1. The first-order chi connectivity index (χ1) is 10.2. The maximum Gasteiger partial charge on any atom is 0.336 e. The Kier molecular flexibility index (Phi) is 5.85. The summed E-state index contributed by atoms with van der Waals surface area (Å²) in [6, 6.07) is 7.42. The highest BCUT2D eigenvalue weighted by molar-refractivity contribution is 6.02. The van der Waals surface area contributed by atoms with Gasteiger partial charge in [0.05, 0.1) is 5.56 Å². The minimum Gasteiger partial charge on any atom is -0.478 e. The average Bonchev–Trinajstić information content (AvgIpc) is 2.89. The van der Waals surface area contributed by atoms with E-state index in [1.807, 2.05) is 24.4 Å². The van der Waals surface area contributed by atoms with Crippen molar-refractivity contribution in [1.29, 1.82) is 0 Å². The number of hydrogen-bond acceptors (Lipinski definition) is 1. The van der Waals surface area contributed by atoms with Gasteiger partial charge >= 0.3 is 5.97 Å². The Bertz CT molecular complexity index is 586. The molecule has 0 saturated heterocycles. The van der Waals surface area contributed by atoms with E-state index in [0.717, 1.165) is 23.9 Å². The van der Waals surface area contributed by atoms with Crippen molar-refractivity contribution in [1.82, 2.24) is 4.57 Å². The fourth-order valence-electron chi connectivity index (χ4n) is 2.84. The van der Waals surface area contributed by atoms with Gasteiger partial charge in [-0.25, -0.2) is 4.79 Å². The van der Waals surface area contributed by atoms with Gasteiger partial charge in [-0.3, -0.25) is 0 Å². The molecular weight excluding hydrogens is 262 g/mol. The molecule has 1 N–H and O–H groups in total. The molecule has 1 aromatic carbocycles. The summed E-state index contributed by atoms with van der Waals surface area (Å²) in [7, 11) is 0. The molecule has 2 aromatic rings. The third-order valence-electron chi connectivity index (χ3n) is 4.05. The Labute approximate surface area is 126 Å². The van der Waals surface area contributed by atoms with Crippen LogP contribution in [0.1, 0.15) is 62.2 Å². The third kappa shape index (κ3) is 4.10. The smallest absolute Gasteiger partial charge is 0.336 e. The minimum atomic E-state index is -0.853. The Morgan fingerprint density at radius 3 is 2.48 bits per heavy atom. The Morgan fingerprint density at radius 1 is 1.05 bits per heavy atom. The quantitative estimate of drug-likeness (QED) is 0.653. The second-order valence-corrected chi connectivity index (χ2v) is 5.67. The van der Waals surface area contributed by atoms with E-state index in [1.54, 1.807) is 6.07 Å². The maximum absolute atomic E-state index is 11.2. The summed E-state index contributed by atoms with van der Waals surface area (Å²) in [5.74, 6) is -0.853. The first kappa shape index (κ1) is 15.6. The van der Waals surface area contributed by atoms with Crippen molar-refractivity contribution in [3.8, 4) is 0 Å². The number of nitrogens with zero attached hydrogens (tertiary/aromatic N) is 1. The first-order valence-corrected chi connectivity index (χ1v) is 8.05. The molecule has 0 aliphatic heterocycles. The van der Waals surface area contributed by atoms with Gasteiger partial charge in [0.15, 0.2) is 0 Å². The van der Waals surface area contributed by atoms with Crippen LogP contribution in [0.15, 0.2) is 30.5 Å². The lowest BCUT2D eigenvalue weighted by molar-refractivity contribution is 0.0699. The van der Waals surface area contributed by atoms with Crippen LogP contribution in [0.4, 0.5) is 0 Å². The summed E-state index contributed by atoms with van der Waals surface area (Å²) < 4.78 is 2.17. The number of aromatic nitrogens is 1. The van der Waals surface area contributed by atoms with Crippen LogP contribution in [-0.4, -0.2) is 15.6 Å². The number of carboxylic acids is 1. The summed E-state index contributed by atoms with van der Waals surface area (Å²) in [5.41, 5.74) is 1.42. The molecule has 0 saturated carbocycles. The topological polar surface area (TPSA) is 42.2 Å². The van der Waals surface area contributed by atoms with Crippen molar-refractivity contribution < 1.29 is 9.90 Å². The van der Waals surface area contributed by atoms with Crippen LogP contribution in [-0.2, 0) is 6.54 Å². The summed E-state index contributed by atoms with van der Waals surface area (Å²) in [6.07, 6.45) is 11.1. The molecule has 114 valence electrons. The lowest BCUT2D eigenvalue weighted by Crippen LogP contribution is -1.99. The Hall–Kier alpha value is -1.77. The number of hydrogen-bond donors (Lipinski definition) is 1. The van der Waals surface area contributed by atoms with Crippen LogP contribution < -0.4 is 0 Å². The number of aryl methyl sites for hydroxylation is 1. The van der Waals surface area contributed by atoms with Crippen molar-refractivity contribution in [2.45, 2.75) is 58.4 Å². The summed E-state index contributed by atoms with van der Waals surface area (Å²) in [5, 5.41) is 10.0. The number of unbranched alkanes of at least 4 members (excludes halogenated alkanes) is 6. The van der Waals surface area contributed by atoms with Crippen LogP contribution in [0, 0.1) is 0 Å². The highest BCUT2D eigenvalue weighted by atomic mass is 16.4. The second-order valence-electron chi connectivity index (χ2n) is 5.67. The monoisotopic (exact) mass is 287 g/mol. The highest BCUT2D eigenvalue weighted by Crippen LogP contribution is 2.21. The molecule has 0 aliphatic rings. The zero-order valence-electron chi connectivity index (χ0n) is 12.8. The Balaban J connectivity index is 1.88. The summed E-state index contributed by atoms with van der Waals surface area (Å²) in [4.78, 5) is 11.2. The fourth-order valence-corrected chi connectivity index (χ4v) is 2.84. The molecule has 21 heavy (non-hydrogen) atoms. The molecular formula is C18H25NO2. The van der Waals surface area contributed by atoms with Crippen molar-refractivity contribution in [3.63, 3.8) is 0 Å². The minimum absolute atomic E-state index is 0.394. The van der Waals surface area contributed by atoms with Crippen molar-refractivity contribution >= 4 is 16.9 Å². The van der Waals surface area contributed by atoms with Crippen LogP contribution in [0.3, 0.4) is 0 Å². The zero-order valence-corrected chi connectivity index (χ0v) is 12.8. The van der Waals surface area contributed by atoms with Crippen molar-refractivity contribution in [3.05, 3.63) is 36.0 Å². The van der Waals surface area contributed by atoms with E-state index in [1.165, 1.54) is 38.5 Å². The average molecular weight is 287 g/mol. The van der Waals surface area contributed by atoms with E-state index in [9.17, 15) is 9.90 Å². The fraction of sp³-hybridized carbons (Fsp3) is 0.500. The van der Waals surface area contributed by atoms with Crippen LogP contribution in [0.2, 0.25) is 0 Å². The van der Waals surface area contributed by atoms with Gasteiger partial charge in [0.1, 0.15) is 0 Å². The molecule has 0 radical (unpaired) electrons. The molecule has 1 aromatic heterocycles. The lowest BCUT2D eigenvalue weighted by atomic mass is 10.1. The van der Waals surface area contributed by atoms with E-state index < -0.39 is 5.97 Å². The molecule has 0 aliphatic carbocycles. The van der Waals surface area contributed by atoms with E-state index >= 15 is 0 Å². The first-order valence-electron chi connectivity index (χ1n) is 8.05. The molecule has 0 unspecified atom stereocenters.